The summed E-state index contributed by atoms with van der Waals surface area (Å²) in [5.74, 6) is 5.61. The van der Waals surface area contributed by atoms with E-state index in [9.17, 15) is 0 Å². The second-order valence-corrected chi connectivity index (χ2v) is 3.17. The summed E-state index contributed by atoms with van der Waals surface area (Å²) < 4.78 is 1.89. The van der Waals surface area contributed by atoms with Crippen LogP contribution in [0.5, 0.6) is 0 Å². The third-order valence-corrected chi connectivity index (χ3v) is 1.43. The summed E-state index contributed by atoms with van der Waals surface area (Å²) in [6.07, 6.45) is 5.26. The Kier molecular flexibility index (Phi) is 2.85. The standard InChI is InChI=1S/C8H14N4/c1-7(2)5-12-6-8(3-10-9)4-11-12/h3-4,6-7H,5,9H2,1-2H3/b10-3+. The van der Waals surface area contributed by atoms with Crippen LogP contribution >= 0.6 is 0 Å². The first-order valence-electron chi connectivity index (χ1n) is 3.98. The van der Waals surface area contributed by atoms with E-state index < -0.39 is 0 Å². The van der Waals surface area contributed by atoms with Gasteiger partial charge >= 0.3 is 0 Å². The van der Waals surface area contributed by atoms with E-state index in [4.69, 9.17) is 5.84 Å². The molecule has 0 unspecified atom stereocenters. The van der Waals surface area contributed by atoms with Gasteiger partial charge in [-0.15, -0.1) is 0 Å². The monoisotopic (exact) mass is 166 g/mol. The topological polar surface area (TPSA) is 56.2 Å². The SMILES string of the molecule is CC(C)Cn1cc(/C=N/N)cn1. The summed E-state index contributed by atoms with van der Waals surface area (Å²) in [7, 11) is 0. The van der Waals surface area contributed by atoms with E-state index in [1.54, 1.807) is 12.4 Å². The molecule has 2 N–H and O–H groups in total. The molecule has 0 amide bonds. The maximum atomic E-state index is 5.00. The molecule has 4 nitrogen and oxygen atoms in total. The number of rotatable bonds is 3. The summed E-state index contributed by atoms with van der Waals surface area (Å²) in [5.41, 5.74) is 0.943. The number of nitrogens with zero attached hydrogens (tertiary/aromatic N) is 3. The van der Waals surface area contributed by atoms with Gasteiger partial charge in [-0.25, -0.2) is 0 Å². The molecule has 12 heavy (non-hydrogen) atoms. The number of aromatic nitrogens is 2. The van der Waals surface area contributed by atoms with Gasteiger partial charge in [-0.1, -0.05) is 13.8 Å². The second kappa shape index (κ2) is 3.90. The molecule has 0 atom stereocenters. The molecule has 0 aliphatic carbocycles. The van der Waals surface area contributed by atoms with Crippen molar-refractivity contribution in [3.05, 3.63) is 18.0 Å². The van der Waals surface area contributed by atoms with Crippen molar-refractivity contribution in [1.82, 2.24) is 9.78 Å². The molecule has 66 valence electrons. The molecule has 0 aliphatic heterocycles. The minimum atomic E-state index is 0.604. The third kappa shape index (κ3) is 2.38. The minimum absolute atomic E-state index is 0.604. The van der Waals surface area contributed by atoms with E-state index >= 15 is 0 Å². The molecular formula is C8H14N4. The van der Waals surface area contributed by atoms with E-state index in [1.165, 1.54) is 0 Å². The van der Waals surface area contributed by atoms with Gasteiger partial charge in [0.25, 0.3) is 0 Å². The molecule has 1 rings (SSSR count). The molecule has 0 saturated carbocycles. The summed E-state index contributed by atoms with van der Waals surface area (Å²) in [5, 5.41) is 7.56. The highest BCUT2D eigenvalue weighted by molar-refractivity contribution is 5.78. The maximum absolute atomic E-state index is 5.00. The van der Waals surface area contributed by atoms with E-state index in [2.05, 4.69) is 24.0 Å². The predicted octanol–water partition coefficient (Wildman–Crippen LogP) is 0.832. The molecule has 1 aromatic heterocycles. The Morgan fingerprint density at radius 3 is 3.08 bits per heavy atom. The zero-order valence-corrected chi connectivity index (χ0v) is 7.44. The van der Waals surface area contributed by atoms with Crippen LogP contribution < -0.4 is 5.84 Å². The van der Waals surface area contributed by atoms with Crippen molar-refractivity contribution in [2.75, 3.05) is 0 Å². The first-order chi connectivity index (χ1) is 5.72. The molecular weight excluding hydrogens is 152 g/mol. The largest absolute Gasteiger partial charge is 0.323 e. The Hall–Kier alpha value is -1.32. The van der Waals surface area contributed by atoms with Gasteiger partial charge in [0.2, 0.25) is 0 Å². The van der Waals surface area contributed by atoms with Crippen LogP contribution in [0.4, 0.5) is 0 Å². The van der Waals surface area contributed by atoms with E-state index in [-0.39, 0.29) is 0 Å². The van der Waals surface area contributed by atoms with Crippen molar-refractivity contribution in [2.24, 2.45) is 16.9 Å². The van der Waals surface area contributed by atoms with E-state index in [0.717, 1.165) is 12.1 Å². The lowest BCUT2D eigenvalue weighted by molar-refractivity contribution is 0.483. The van der Waals surface area contributed by atoms with Crippen LogP contribution in [-0.4, -0.2) is 16.0 Å². The normalized spacial score (nSPS) is 11.6. The molecule has 0 fully saturated rings. The first kappa shape index (κ1) is 8.77. The maximum Gasteiger partial charge on any atom is 0.0578 e. The van der Waals surface area contributed by atoms with Crippen LogP contribution in [0.1, 0.15) is 19.4 Å². The molecule has 0 spiro atoms. The summed E-state index contributed by atoms with van der Waals surface area (Å²) >= 11 is 0. The second-order valence-electron chi connectivity index (χ2n) is 3.17. The number of nitrogens with two attached hydrogens (primary N) is 1. The zero-order chi connectivity index (χ0) is 8.97. The van der Waals surface area contributed by atoms with Crippen LogP contribution in [-0.2, 0) is 6.54 Å². The van der Waals surface area contributed by atoms with E-state index in [0.29, 0.717) is 5.92 Å². The molecule has 0 aliphatic rings. The zero-order valence-electron chi connectivity index (χ0n) is 7.44. The Labute approximate surface area is 72.1 Å². The molecule has 0 radical (unpaired) electrons. The first-order valence-corrected chi connectivity index (χ1v) is 3.98. The van der Waals surface area contributed by atoms with Gasteiger partial charge in [-0.05, 0) is 5.92 Å². The van der Waals surface area contributed by atoms with Gasteiger partial charge in [-0.3, -0.25) is 4.68 Å². The summed E-state index contributed by atoms with van der Waals surface area (Å²) in [4.78, 5) is 0. The Morgan fingerprint density at radius 1 is 1.75 bits per heavy atom. The fourth-order valence-corrected chi connectivity index (χ4v) is 1.01. The van der Waals surface area contributed by atoms with Gasteiger partial charge in [0.1, 0.15) is 0 Å². The molecule has 0 saturated heterocycles. The van der Waals surface area contributed by atoms with Crippen LogP contribution in [0.25, 0.3) is 0 Å². The molecule has 1 heterocycles. The van der Waals surface area contributed by atoms with Gasteiger partial charge in [0, 0.05) is 18.3 Å². The molecule has 0 bridgehead atoms. The molecule has 1 aromatic rings. The van der Waals surface area contributed by atoms with Crippen LogP contribution in [0.3, 0.4) is 0 Å². The van der Waals surface area contributed by atoms with Crippen LogP contribution in [0.15, 0.2) is 17.5 Å². The summed E-state index contributed by atoms with van der Waals surface area (Å²) in [6, 6.07) is 0. The molecule has 0 aromatic carbocycles. The van der Waals surface area contributed by atoms with Crippen LogP contribution in [0, 0.1) is 5.92 Å². The van der Waals surface area contributed by atoms with Crippen molar-refractivity contribution in [1.29, 1.82) is 0 Å². The number of hydrazone groups is 1. The van der Waals surface area contributed by atoms with Gasteiger partial charge in [0.15, 0.2) is 0 Å². The Bertz CT molecular complexity index is 262. The fraction of sp³-hybridized carbons (Fsp3) is 0.500. The number of hydrogen-bond acceptors (Lipinski definition) is 3. The van der Waals surface area contributed by atoms with Gasteiger partial charge in [0.05, 0.1) is 12.4 Å². The summed E-state index contributed by atoms with van der Waals surface area (Å²) in [6.45, 7) is 5.23. The highest BCUT2D eigenvalue weighted by Crippen LogP contribution is 1.99. The van der Waals surface area contributed by atoms with Crippen molar-refractivity contribution in [3.8, 4) is 0 Å². The van der Waals surface area contributed by atoms with Crippen molar-refractivity contribution >= 4 is 6.21 Å². The lowest BCUT2D eigenvalue weighted by Crippen LogP contribution is -2.04. The Morgan fingerprint density at radius 2 is 2.50 bits per heavy atom. The highest BCUT2D eigenvalue weighted by Gasteiger charge is 1.97. The predicted molar refractivity (Wildman–Crippen MR) is 48.8 cm³/mol. The third-order valence-electron chi connectivity index (χ3n) is 1.43. The minimum Gasteiger partial charge on any atom is -0.323 e. The highest BCUT2D eigenvalue weighted by atomic mass is 15.3. The van der Waals surface area contributed by atoms with E-state index in [1.807, 2.05) is 10.9 Å². The fourth-order valence-electron chi connectivity index (χ4n) is 1.01. The quantitative estimate of drug-likeness (QED) is 0.411. The molecule has 4 heteroatoms. The lowest BCUT2D eigenvalue weighted by atomic mass is 10.2. The smallest absolute Gasteiger partial charge is 0.0578 e. The number of hydrogen-bond donors (Lipinski definition) is 1. The van der Waals surface area contributed by atoms with Gasteiger partial charge < -0.3 is 5.84 Å². The van der Waals surface area contributed by atoms with Gasteiger partial charge in [-0.2, -0.15) is 10.2 Å². The lowest BCUT2D eigenvalue weighted by Gasteiger charge is -2.02. The van der Waals surface area contributed by atoms with Crippen molar-refractivity contribution < 1.29 is 0 Å². The Balaban J connectivity index is 2.64. The van der Waals surface area contributed by atoms with Crippen LogP contribution in [0.2, 0.25) is 0 Å². The average Bonchev–Trinajstić information content (AvgIpc) is 2.36. The van der Waals surface area contributed by atoms with Crippen molar-refractivity contribution in [2.45, 2.75) is 20.4 Å². The average molecular weight is 166 g/mol. The van der Waals surface area contributed by atoms with Crippen molar-refractivity contribution in [3.63, 3.8) is 0 Å².